The lowest BCUT2D eigenvalue weighted by atomic mass is 10.2. The van der Waals surface area contributed by atoms with Crippen LogP contribution in [0.5, 0.6) is 0 Å². The molecule has 2 aromatic rings. The first-order chi connectivity index (χ1) is 11.5. The Bertz CT molecular complexity index is 878. The zero-order valence-electron chi connectivity index (χ0n) is 12.1. The van der Waals surface area contributed by atoms with E-state index < -0.39 is 4.92 Å². The zero-order valence-corrected chi connectivity index (χ0v) is 14.5. The molecule has 1 saturated heterocycles. The highest BCUT2D eigenvalue weighted by molar-refractivity contribution is 9.10. The molecule has 0 saturated carbocycles. The second kappa shape index (κ2) is 6.98. The molecular weight excluding hydrogens is 394 g/mol. The van der Waals surface area contributed by atoms with Crippen molar-refractivity contribution < 1.29 is 9.72 Å². The van der Waals surface area contributed by atoms with Crippen LogP contribution in [0.4, 0.5) is 11.4 Å². The maximum Gasteiger partial charge on any atom is 0.270 e. The van der Waals surface area contributed by atoms with Crippen LogP contribution in [0.3, 0.4) is 0 Å². The number of carbonyl (C=O) groups excluding carboxylic acids is 1. The predicted molar refractivity (Wildman–Crippen MR) is 98.0 cm³/mol. The number of nitro groups is 1. The molecular formula is C16H10BrN3O3S. The molecule has 1 aliphatic heterocycles. The second-order valence-corrected chi connectivity index (χ2v) is 6.76. The molecule has 0 aliphatic carbocycles. The van der Waals surface area contributed by atoms with Crippen LogP contribution in [0.25, 0.3) is 6.08 Å². The number of benzene rings is 2. The van der Waals surface area contributed by atoms with E-state index in [0.717, 1.165) is 10.2 Å². The molecule has 120 valence electrons. The van der Waals surface area contributed by atoms with Gasteiger partial charge in [0, 0.05) is 16.6 Å². The molecule has 1 aliphatic rings. The zero-order chi connectivity index (χ0) is 17.1. The lowest BCUT2D eigenvalue weighted by Gasteiger charge is -1.96. The van der Waals surface area contributed by atoms with Gasteiger partial charge in [0.15, 0.2) is 5.17 Å². The summed E-state index contributed by atoms with van der Waals surface area (Å²) in [5.41, 5.74) is 1.29. The second-order valence-electron chi connectivity index (χ2n) is 4.81. The molecule has 1 fully saturated rings. The minimum absolute atomic E-state index is 0.0171. The van der Waals surface area contributed by atoms with Crippen LogP contribution in [0.1, 0.15) is 5.56 Å². The van der Waals surface area contributed by atoms with Crippen molar-refractivity contribution in [1.82, 2.24) is 5.32 Å². The Kier molecular flexibility index (Phi) is 4.77. The van der Waals surface area contributed by atoms with Crippen LogP contribution < -0.4 is 5.32 Å². The average Bonchev–Trinajstić information content (AvgIpc) is 2.89. The number of hydrogen-bond donors (Lipinski definition) is 1. The maximum atomic E-state index is 12.0. The van der Waals surface area contributed by atoms with Crippen LogP contribution in [-0.4, -0.2) is 16.0 Å². The fourth-order valence-electron chi connectivity index (χ4n) is 1.99. The Hall–Kier alpha value is -2.45. The van der Waals surface area contributed by atoms with E-state index in [4.69, 9.17) is 0 Å². The Labute approximate surface area is 150 Å². The molecule has 0 atom stereocenters. The third kappa shape index (κ3) is 3.90. The fourth-order valence-corrected chi connectivity index (χ4v) is 3.10. The van der Waals surface area contributed by atoms with Gasteiger partial charge < -0.3 is 5.32 Å². The van der Waals surface area contributed by atoms with Gasteiger partial charge in [0.25, 0.3) is 11.6 Å². The van der Waals surface area contributed by atoms with Gasteiger partial charge in [-0.15, -0.1) is 0 Å². The number of nitro benzene ring substituents is 1. The van der Waals surface area contributed by atoms with E-state index in [-0.39, 0.29) is 11.6 Å². The van der Waals surface area contributed by atoms with E-state index in [2.05, 4.69) is 26.2 Å². The third-order valence-corrected chi connectivity index (χ3v) is 4.53. The Morgan fingerprint density at radius 2 is 1.96 bits per heavy atom. The van der Waals surface area contributed by atoms with Crippen LogP contribution in [0, 0.1) is 10.1 Å². The van der Waals surface area contributed by atoms with E-state index in [9.17, 15) is 14.9 Å². The standard InChI is InChI=1S/C16H10BrN3O3S/c17-11-4-6-12(7-5-11)18-16-19-15(21)14(24-16)9-10-2-1-3-13(8-10)20(22)23/h1-9H,(H,18,19,21)/b14-9-. The number of amidine groups is 1. The molecule has 0 radical (unpaired) electrons. The number of aliphatic imine (C=N–C) groups is 1. The van der Waals surface area contributed by atoms with Crippen molar-refractivity contribution in [1.29, 1.82) is 0 Å². The summed E-state index contributed by atoms with van der Waals surface area (Å²) in [7, 11) is 0. The van der Waals surface area contributed by atoms with Crippen molar-refractivity contribution in [2.24, 2.45) is 4.99 Å². The first kappa shape index (κ1) is 16.4. The van der Waals surface area contributed by atoms with Crippen molar-refractivity contribution in [3.05, 3.63) is 73.6 Å². The highest BCUT2D eigenvalue weighted by atomic mass is 79.9. The molecule has 0 spiro atoms. The molecule has 0 aromatic heterocycles. The smallest absolute Gasteiger partial charge is 0.270 e. The summed E-state index contributed by atoms with van der Waals surface area (Å²) in [6.45, 7) is 0. The Morgan fingerprint density at radius 1 is 1.21 bits per heavy atom. The first-order valence-corrected chi connectivity index (χ1v) is 8.42. The molecule has 1 amide bonds. The molecule has 0 unspecified atom stereocenters. The van der Waals surface area contributed by atoms with Gasteiger partial charge in [-0.25, -0.2) is 4.99 Å². The largest absolute Gasteiger partial charge is 0.300 e. The van der Waals surface area contributed by atoms with Crippen LogP contribution in [0.15, 0.2) is 62.9 Å². The summed E-state index contributed by atoms with van der Waals surface area (Å²) in [4.78, 5) is 27.2. The average molecular weight is 404 g/mol. The SMILES string of the molecule is O=C1NC(=Nc2ccc(Br)cc2)S/C1=C\c1cccc([N+](=O)[O-])c1. The highest BCUT2D eigenvalue weighted by Crippen LogP contribution is 2.29. The number of hydrogen-bond acceptors (Lipinski definition) is 5. The van der Waals surface area contributed by atoms with Crippen molar-refractivity contribution in [3.63, 3.8) is 0 Å². The number of nitrogens with zero attached hydrogens (tertiary/aromatic N) is 2. The minimum atomic E-state index is -0.468. The Morgan fingerprint density at radius 3 is 2.67 bits per heavy atom. The summed E-state index contributed by atoms with van der Waals surface area (Å²) in [6.07, 6.45) is 1.61. The number of rotatable bonds is 3. The summed E-state index contributed by atoms with van der Waals surface area (Å²) in [5.74, 6) is -0.276. The van der Waals surface area contributed by atoms with Gasteiger partial charge in [-0.2, -0.15) is 0 Å². The number of halogens is 1. The van der Waals surface area contributed by atoms with Gasteiger partial charge in [-0.05, 0) is 47.7 Å². The monoisotopic (exact) mass is 403 g/mol. The topological polar surface area (TPSA) is 84.6 Å². The van der Waals surface area contributed by atoms with Crippen molar-refractivity contribution in [3.8, 4) is 0 Å². The van der Waals surface area contributed by atoms with Crippen molar-refractivity contribution in [2.45, 2.75) is 0 Å². The van der Waals surface area contributed by atoms with E-state index >= 15 is 0 Å². The number of carbonyl (C=O) groups is 1. The van der Waals surface area contributed by atoms with Gasteiger partial charge in [0.1, 0.15) is 0 Å². The molecule has 8 heteroatoms. The van der Waals surface area contributed by atoms with Crippen LogP contribution in [0.2, 0.25) is 0 Å². The Balaban J connectivity index is 1.83. The quantitative estimate of drug-likeness (QED) is 0.471. The maximum absolute atomic E-state index is 12.0. The summed E-state index contributed by atoms with van der Waals surface area (Å²) >= 11 is 4.55. The highest BCUT2D eigenvalue weighted by Gasteiger charge is 2.24. The summed E-state index contributed by atoms with van der Waals surface area (Å²) in [6, 6.07) is 13.5. The molecule has 1 heterocycles. The van der Waals surface area contributed by atoms with E-state index in [1.54, 1.807) is 18.2 Å². The molecule has 0 bridgehead atoms. The fraction of sp³-hybridized carbons (Fsp3) is 0. The molecule has 2 aromatic carbocycles. The number of thioether (sulfide) groups is 1. The third-order valence-electron chi connectivity index (χ3n) is 3.09. The van der Waals surface area contributed by atoms with Crippen molar-refractivity contribution in [2.75, 3.05) is 0 Å². The van der Waals surface area contributed by atoms with Gasteiger partial charge >= 0.3 is 0 Å². The minimum Gasteiger partial charge on any atom is -0.300 e. The van der Waals surface area contributed by atoms with Gasteiger partial charge in [0.2, 0.25) is 0 Å². The normalized spacial score (nSPS) is 17.3. The van der Waals surface area contributed by atoms with Crippen LogP contribution in [-0.2, 0) is 4.79 Å². The van der Waals surface area contributed by atoms with E-state index in [1.165, 1.54) is 23.9 Å². The molecule has 24 heavy (non-hydrogen) atoms. The summed E-state index contributed by atoms with van der Waals surface area (Å²) < 4.78 is 0.945. The first-order valence-electron chi connectivity index (χ1n) is 6.81. The molecule has 6 nitrogen and oxygen atoms in total. The van der Waals surface area contributed by atoms with Crippen molar-refractivity contribution >= 4 is 56.2 Å². The van der Waals surface area contributed by atoms with E-state index in [0.29, 0.717) is 15.6 Å². The van der Waals surface area contributed by atoms with Gasteiger partial charge in [-0.3, -0.25) is 14.9 Å². The van der Waals surface area contributed by atoms with E-state index in [1.807, 2.05) is 24.3 Å². The summed E-state index contributed by atoms with van der Waals surface area (Å²) in [5, 5.41) is 14.0. The number of non-ortho nitro benzene ring substituents is 1. The predicted octanol–water partition coefficient (Wildman–Crippen LogP) is 4.25. The van der Waals surface area contributed by atoms with Crippen LogP contribution >= 0.6 is 27.7 Å². The molecule has 1 N–H and O–H groups in total. The van der Waals surface area contributed by atoms with Gasteiger partial charge in [0.05, 0.1) is 15.5 Å². The number of nitrogens with one attached hydrogen (secondary N) is 1. The lowest BCUT2D eigenvalue weighted by Crippen LogP contribution is -2.19. The molecule has 3 rings (SSSR count). The lowest BCUT2D eigenvalue weighted by molar-refractivity contribution is -0.384. The van der Waals surface area contributed by atoms with Gasteiger partial charge in [-0.1, -0.05) is 28.1 Å². The number of amides is 1.